The van der Waals surface area contributed by atoms with E-state index in [2.05, 4.69) is 15.2 Å². The number of pyridine rings is 2. The fraction of sp³-hybridized carbons (Fsp3) is 0.440. The van der Waals surface area contributed by atoms with Gasteiger partial charge in [0.2, 0.25) is 0 Å². The number of aliphatic hydroxyl groups is 1. The number of hydrogen-bond donors (Lipinski definition) is 2. The molecule has 2 aliphatic rings. The van der Waals surface area contributed by atoms with Gasteiger partial charge in [0, 0.05) is 57.3 Å². The van der Waals surface area contributed by atoms with E-state index in [-0.39, 0.29) is 48.2 Å². The van der Waals surface area contributed by atoms with Gasteiger partial charge < -0.3 is 29.4 Å². The van der Waals surface area contributed by atoms with Gasteiger partial charge in [-0.15, -0.1) is 24.8 Å². The lowest BCUT2D eigenvalue weighted by molar-refractivity contribution is 0.0257. The zero-order valence-electron chi connectivity index (χ0n) is 19.8. The van der Waals surface area contributed by atoms with Gasteiger partial charge in [-0.1, -0.05) is 0 Å². The van der Waals surface area contributed by atoms with Crippen LogP contribution in [0.4, 0.5) is 4.39 Å². The van der Waals surface area contributed by atoms with Crippen LogP contribution in [-0.4, -0.2) is 65.1 Å². The largest absolute Gasteiger partial charge is 0.486 e. The molecule has 5 rings (SSSR count). The fourth-order valence-corrected chi connectivity index (χ4v) is 4.70. The van der Waals surface area contributed by atoms with E-state index in [4.69, 9.17) is 9.47 Å². The van der Waals surface area contributed by atoms with Crippen molar-refractivity contribution in [3.63, 3.8) is 0 Å². The molecule has 1 aromatic carbocycles. The molecular formula is C25H31Cl2FN4O4. The van der Waals surface area contributed by atoms with Crippen LogP contribution in [0.2, 0.25) is 0 Å². The number of hydrogen-bond acceptors (Lipinski definition) is 7. The van der Waals surface area contributed by atoms with Crippen LogP contribution in [0.3, 0.4) is 0 Å². The molecular weight excluding hydrogens is 510 g/mol. The average Bonchev–Trinajstić information content (AvgIpc) is 2.85. The first-order chi connectivity index (χ1) is 16.6. The van der Waals surface area contributed by atoms with E-state index in [1.54, 1.807) is 22.9 Å². The summed E-state index contributed by atoms with van der Waals surface area (Å²) >= 11 is 0. The number of piperidine rings is 1. The summed E-state index contributed by atoms with van der Waals surface area (Å²) in [5.41, 5.74) is 1.32. The number of nitrogens with zero attached hydrogens (tertiary/aromatic N) is 3. The van der Waals surface area contributed by atoms with E-state index in [1.165, 1.54) is 18.2 Å². The molecule has 0 spiro atoms. The van der Waals surface area contributed by atoms with E-state index in [9.17, 15) is 14.3 Å². The lowest BCUT2D eigenvalue weighted by atomic mass is 9.94. The summed E-state index contributed by atoms with van der Waals surface area (Å²) in [6.07, 6.45) is 1.98. The van der Waals surface area contributed by atoms with Crippen molar-refractivity contribution in [2.75, 3.05) is 39.4 Å². The van der Waals surface area contributed by atoms with E-state index in [0.29, 0.717) is 62.8 Å². The lowest BCUT2D eigenvalue weighted by Gasteiger charge is -2.36. The van der Waals surface area contributed by atoms with Gasteiger partial charge in [-0.05, 0) is 36.1 Å². The second-order valence-corrected chi connectivity index (χ2v) is 8.89. The number of ether oxygens (including phenoxy) is 2. The maximum Gasteiger partial charge on any atom is 0.251 e. The molecule has 11 heteroatoms. The van der Waals surface area contributed by atoms with Crippen molar-refractivity contribution in [3.8, 4) is 11.5 Å². The monoisotopic (exact) mass is 540 g/mol. The first kappa shape index (κ1) is 28.1. The molecule has 0 unspecified atom stereocenters. The molecule has 1 fully saturated rings. The van der Waals surface area contributed by atoms with Crippen molar-refractivity contribution in [1.29, 1.82) is 0 Å². The van der Waals surface area contributed by atoms with Crippen LogP contribution in [0, 0.1) is 11.7 Å². The Balaban J connectivity index is 0.00000180. The smallest absolute Gasteiger partial charge is 0.251 e. The summed E-state index contributed by atoms with van der Waals surface area (Å²) in [6.45, 7) is 4.89. The minimum atomic E-state index is -0.383. The number of aromatic nitrogens is 2. The number of fused-ring (bicyclic) bond motifs is 2. The molecule has 1 saturated heterocycles. The van der Waals surface area contributed by atoms with Crippen molar-refractivity contribution in [1.82, 2.24) is 19.8 Å². The van der Waals surface area contributed by atoms with Crippen LogP contribution < -0.4 is 20.3 Å². The highest BCUT2D eigenvalue weighted by Crippen LogP contribution is 2.29. The molecule has 0 saturated carbocycles. The summed E-state index contributed by atoms with van der Waals surface area (Å²) in [7, 11) is 0. The SMILES string of the molecule is Cl.Cl.O=c1ccc2ccc(F)cc2n1CCN1CC[C@@H](O)[C@H](CNCc2cc3c(cn2)OCCO3)C1. The van der Waals surface area contributed by atoms with Gasteiger partial charge in [-0.3, -0.25) is 9.78 Å². The molecule has 3 aromatic rings. The fourth-order valence-electron chi connectivity index (χ4n) is 4.70. The van der Waals surface area contributed by atoms with Crippen molar-refractivity contribution < 1.29 is 19.0 Å². The molecule has 4 heterocycles. The van der Waals surface area contributed by atoms with Crippen LogP contribution in [0.1, 0.15) is 12.1 Å². The number of halogens is 3. The summed E-state index contributed by atoms with van der Waals surface area (Å²) in [5, 5.41) is 14.8. The van der Waals surface area contributed by atoms with Gasteiger partial charge in [0.15, 0.2) is 11.5 Å². The Morgan fingerprint density at radius 3 is 2.69 bits per heavy atom. The highest BCUT2D eigenvalue weighted by Gasteiger charge is 2.27. The third kappa shape index (κ3) is 6.46. The third-order valence-electron chi connectivity index (χ3n) is 6.57. The molecule has 0 bridgehead atoms. The van der Waals surface area contributed by atoms with Gasteiger partial charge in [-0.25, -0.2) is 4.39 Å². The third-order valence-corrected chi connectivity index (χ3v) is 6.57. The number of aliphatic hydroxyl groups excluding tert-OH is 1. The van der Waals surface area contributed by atoms with Gasteiger partial charge in [0.1, 0.15) is 19.0 Å². The highest BCUT2D eigenvalue weighted by atomic mass is 35.5. The molecule has 0 aliphatic carbocycles. The molecule has 8 nitrogen and oxygen atoms in total. The lowest BCUT2D eigenvalue weighted by Crippen LogP contribution is -2.48. The summed E-state index contributed by atoms with van der Waals surface area (Å²) in [4.78, 5) is 19.1. The zero-order chi connectivity index (χ0) is 23.5. The van der Waals surface area contributed by atoms with Crippen molar-refractivity contribution in [2.24, 2.45) is 5.92 Å². The van der Waals surface area contributed by atoms with Crippen LogP contribution in [0.5, 0.6) is 11.5 Å². The van der Waals surface area contributed by atoms with Crippen molar-refractivity contribution in [2.45, 2.75) is 25.6 Å². The normalized spacial score (nSPS) is 19.4. The van der Waals surface area contributed by atoms with Gasteiger partial charge >= 0.3 is 0 Å². The number of likely N-dealkylation sites (tertiary alicyclic amines) is 1. The zero-order valence-corrected chi connectivity index (χ0v) is 21.4. The topological polar surface area (TPSA) is 88.9 Å². The Kier molecular flexibility index (Phi) is 9.92. The molecule has 2 N–H and O–H groups in total. The maximum atomic E-state index is 13.8. The Labute approximate surface area is 221 Å². The summed E-state index contributed by atoms with van der Waals surface area (Å²) in [5.74, 6) is 1.09. The molecule has 36 heavy (non-hydrogen) atoms. The molecule has 0 radical (unpaired) electrons. The van der Waals surface area contributed by atoms with E-state index >= 15 is 0 Å². The average molecular weight is 541 g/mol. The minimum Gasteiger partial charge on any atom is -0.486 e. The van der Waals surface area contributed by atoms with Crippen LogP contribution in [-0.2, 0) is 13.1 Å². The maximum absolute atomic E-state index is 13.8. The Morgan fingerprint density at radius 1 is 1.08 bits per heavy atom. The molecule has 2 atom stereocenters. The predicted molar refractivity (Wildman–Crippen MR) is 140 cm³/mol. The summed E-state index contributed by atoms with van der Waals surface area (Å²) < 4.78 is 26.5. The molecule has 2 aromatic heterocycles. The van der Waals surface area contributed by atoms with E-state index in [0.717, 1.165) is 24.2 Å². The van der Waals surface area contributed by atoms with Crippen LogP contribution in [0.15, 0.2) is 47.4 Å². The van der Waals surface area contributed by atoms with E-state index < -0.39 is 0 Å². The second-order valence-electron chi connectivity index (χ2n) is 8.89. The number of benzene rings is 1. The van der Waals surface area contributed by atoms with Crippen molar-refractivity contribution >= 4 is 35.7 Å². The molecule has 2 aliphatic heterocycles. The molecule has 0 amide bonds. The standard InChI is InChI=1S/C25H29FN4O4.2ClH/c26-19-3-1-17-2-4-25(32)30(21(17)11-19)8-7-29-6-5-22(31)18(16-29)13-27-14-20-12-23-24(15-28-20)34-10-9-33-23;;/h1-4,11-12,15,18,22,27,31H,5-10,13-14,16H2;2*1H/t18-,22-;;/m1../s1. The molecule has 196 valence electrons. The Morgan fingerprint density at radius 2 is 1.86 bits per heavy atom. The Hall–Kier alpha value is -2.43. The van der Waals surface area contributed by atoms with Crippen LogP contribution >= 0.6 is 24.8 Å². The second kappa shape index (κ2) is 12.7. The van der Waals surface area contributed by atoms with Gasteiger partial charge in [0.25, 0.3) is 5.56 Å². The quantitative estimate of drug-likeness (QED) is 0.476. The number of rotatable bonds is 7. The first-order valence-electron chi connectivity index (χ1n) is 11.7. The van der Waals surface area contributed by atoms with Gasteiger partial charge in [-0.2, -0.15) is 0 Å². The first-order valence-corrected chi connectivity index (χ1v) is 11.7. The highest BCUT2D eigenvalue weighted by molar-refractivity contribution is 5.85. The summed E-state index contributed by atoms with van der Waals surface area (Å²) in [6, 6.07) is 9.64. The van der Waals surface area contributed by atoms with Crippen molar-refractivity contribution in [3.05, 3.63) is 64.5 Å². The minimum absolute atomic E-state index is 0. The van der Waals surface area contributed by atoms with Crippen LogP contribution in [0.25, 0.3) is 10.9 Å². The Bertz CT molecular complexity index is 1230. The van der Waals surface area contributed by atoms with E-state index in [1.807, 2.05) is 6.07 Å². The van der Waals surface area contributed by atoms with Gasteiger partial charge in [0.05, 0.1) is 23.5 Å². The number of nitrogens with one attached hydrogen (secondary N) is 1. The predicted octanol–water partition coefficient (Wildman–Crippen LogP) is 2.62.